The maximum absolute atomic E-state index is 5.88. The second-order valence-corrected chi connectivity index (χ2v) is 5.13. The number of nitrogens with zero attached hydrogens (tertiary/aromatic N) is 3. The van der Waals surface area contributed by atoms with E-state index in [1.54, 1.807) is 0 Å². The second kappa shape index (κ2) is 4.07. The standard InChI is InChI=1S/C12H20N4O/c1-3-9-10-14-15-11(16(10)7-6-13-9)12(2)5-4-8-17-12/h9,13H,3-8H2,1-2H3. The van der Waals surface area contributed by atoms with E-state index < -0.39 is 0 Å². The molecule has 0 spiro atoms. The van der Waals surface area contributed by atoms with Crippen molar-refractivity contribution in [2.45, 2.75) is 51.3 Å². The van der Waals surface area contributed by atoms with Gasteiger partial charge in [-0.1, -0.05) is 6.92 Å². The lowest BCUT2D eigenvalue weighted by Gasteiger charge is -2.28. The molecule has 2 unspecified atom stereocenters. The number of ether oxygens (including phenoxy) is 1. The summed E-state index contributed by atoms with van der Waals surface area (Å²) < 4.78 is 8.14. The first kappa shape index (κ1) is 11.2. The van der Waals surface area contributed by atoms with Crippen LogP contribution in [0.2, 0.25) is 0 Å². The molecule has 1 N–H and O–H groups in total. The number of rotatable bonds is 2. The summed E-state index contributed by atoms with van der Waals surface area (Å²) in [5, 5.41) is 12.2. The molecule has 1 saturated heterocycles. The Labute approximate surface area is 102 Å². The maximum Gasteiger partial charge on any atom is 0.165 e. The zero-order chi connectivity index (χ0) is 11.9. The van der Waals surface area contributed by atoms with Gasteiger partial charge in [0, 0.05) is 19.7 Å². The quantitative estimate of drug-likeness (QED) is 0.842. The van der Waals surface area contributed by atoms with E-state index in [0.717, 1.165) is 50.6 Å². The number of nitrogens with one attached hydrogen (secondary N) is 1. The molecule has 1 aromatic rings. The van der Waals surface area contributed by atoms with Crippen LogP contribution in [0, 0.1) is 0 Å². The first-order valence-corrected chi connectivity index (χ1v) is 6.55. The number of hydrogen-bond acceptors (Lipinski definition) is 4. The Morgan fingerprint density at radius 2 is 2.41 bits per heavy atom. The molecule has 3 heterocycles. The van der Waals surface area contributed by atoms with Gasteiger partial charge in [-0.3, -0.25) is 0 Å². The minimum absolute atomic E-state index is 0.221. The fourth-order valence-corrected chi connectivity index (χ4v) is 2.91. The second-order valence-electron chi connectivity index (χ2n) is 5.13. The third kappa shape index (κ3) is 1.68. The summed E-state index contributed by atoms with van der Waals surface area (Å²) >= 11 is 0. The van der Waals surface area contributed by atoms with Crippen LogP contribution < -0.4 is 5.32 Å². The molecule has 0 aliphatic carbocycles. The van der Waals surface area contributed by atoms with Crippen molar-refractivity contribution in [3.8, 4) is 0 Å². The Bertz CT molecular complexity index is 409. The normalized spacial score (nSPS) is 32.7. The van der Waals surface area contributed by atoms with Gasteiger partial charge < -0.3 is 14.6 Å². The molecule has 3 rings (SSSR count). The topological polar surface area (TPSA) is 52.0 Å². The Kier molecular flexibility index (Phi) is 2.67. The summed E-state index contributed by atoms with van der Waals surface area (Å²) in [5.74, 6) is 2.09. The van der Waals surface area contributed by atoms with E-state index in [0.29, 0.717) is 6.04 Å². The molecule has 94 valence electrons. The number of fused-ring (bicyclic) bond motifs is 1. The van der Waals surface area contributed by atoms with Gasteiger partial charge in [0.1, 0.15) is 11.4 Å². The van der Waals surface area contributed by atoms with Crippen molar-refractivity contribution in [2.24, 2.45) is 0 Å². The zero-order valence-corrected chi connectivity index (χ0v) is 10.6. The van der Waals surface area contributed by atoms with E-state index in [9.17, 15) is 0 Å². The summed E-state index contributed by atoms with van der Waals surface area (Å²) in [6, 6.07) is 0.343. The van der Waals surface area contributed by atoms with Crippen molar-refractivity contribution in [1.29, 1.82) is 0 Å². The first-order valence-electron chi connectivity index (χ1n) is 6.55. The molecule has 17 heavy (non-hydrogen) atoms. The number of hydrogen-bond donors (Lipinski definition) is 1. The predicted molar refractivity (Wildman–Crippen MR) is 63.6 cm³/mol. The minimum atomic E-state index is -0.221. The Morgan fingerprint density at radius 3 is 3.12 bits per heavy atom. The van der Waals surface area contributed by atoms with Crippen LogP contribution in [0.5, 0.6) is 0 Å². The molecule has 2 aliphatic heterocycles. The third-order valence-corrected chi connectivity index (χ3v) is 3.92. The molecule has 0 bridgehead atoms. The van der Waals surface area contributed by atoms with Crippen LogP contribution in [0.25, 0.3) is 0 Å². The summed E-state index contributed by atoms with van der Waals surface area (Å²) in [6.45, 7) is 7.10. The predicted octanol–water partition coefficient (Wildman–Crippen LogP) is 1.36. The van der Waals surface area contributed by atoms with Crippen molar-refractivity contribution in [3.63, 3.8) is 0 Å². The van der Waals surface area contributed by atoms with Gasteiger partial charge in [0.2, 0.25) is 0 Å². The van der Waals surface area contributed by atoms with E-state index in [1.165, 1.54) is 0 Å². The van der Waals surface area contributed by atoms with Gasteiger partial charge in [-0.05, 0) is 26.2 Å². The summed E-state index contributed by atoms with van der Waals surface area (Å²) in [5.41, 5.74) is -0.221. The van der Waals surface area contributed by atoms with Crippen LogP contribution in [0.15, 0.2) is 0 Å². The van der Waals surface area contributed by atoms with Crippen molar-refractivity contribution in [1.82, 2.24) is 20.1 Å². The molecule has 0 radical (unpaired) electrons. The van der Waals surface area contributed by atoms with E-state index in [2.05, 4.69) is 33.9 Å². The molecule has 2 aliphatic rings. The lowest BCUT2D eigenvalue weighted by Crippen LogP contribution is -2.36. The van der Waals surface area contributed by atoms with Gasteiger partial charge in [0.15, 0.2) is 5.82 Å². The molecular formula is C12H20N4O. The highest BCUT2D eigenvalue weighted by Crippen LogP contribution is 2.36. The molecule has 0 aromatic carbocycles. The van der Waals surface area contributed by atoms with Crippen LogP contribution in [-0.2, 0) is 16.9 Å². The Morgan fingerprint density at radius 1 is 1.53 bits per heavy atom. The molecule has 5 heteroatoms. The number of aromatic nitrogens is 3. The van der Waals surface area contributed by atoms with E-state index >= 15 is 0 Å². The van der Waals surface area contributed by atoms with Crippen LogP contribution in [0.1, 0.15) is 50.8 Å². The van der Waals surface area contributed by atoms with Gasteiger partial charge in [-0.15, -0.1) is 10.2 Å². The molecular weight excluding hydrogens is 216 g/mol. The fraction of sp³-hybridized carbons (Fsp3) is 0.833. The summed E-state index contributed by atoms with van der Waals surface area (Å²) in [6.07, 6.45) is 3.22. The molecule has 0 saturated carbocycles. The highest BCUT2D eigenvalue weighted by atomic mass is 16.5. The van der Waals surface area contributed by atoms with Crippen LogP contribution in [0.4, 0.5) is 0 Å². The Hall–Kier alpha value is -0.940. The molecule has 1 aromatic heterocycles. The highest BCUT2D eigenvalue weighted by molar-refractivity contribution is 5.11. The van der Waals surface area contributed by atoms with E-state index in [1.807, 2.05) is 0 Å². The van der Waals surface area contributed by atoms with Gasteiger partial charge in [-0.2, -0.15) is 0 Å². The van der Waals surface area contributed by atoms with Crippen LogP contribution in [-0.4, -0.2) is 27.9 Å². The molecule has 2 atom stereocenters. The molecule has 5 nitrogen and oxygen atoms in total. The first-order chi connectivity index (χ1) is 8.24. The smallest absolute Gasteiger partial charge is 0.165 e. The molecule has 0 amide bonds. The largest absolute Gasteiger partial charge is 0.367 e. The van der Waals surface area contributed by atoms with Gasteiger partial charge in [0.25, 0.3) is 0 Å². The average molecular weight is 236 g/mol. The third-order valence-electron chi connectivity index (χ3n) is 3.92. The van der Waals surface area contributed by atoms with E-state index in [-0.39, 0.29) is 5.60 Å². The maximum atomic E-state index is 5.88. The fourth-order valence-electron chi connectivity index (χ4n) is 2.91. The zero-order valence-electron chi connectivity index (χ0n) is 10.6. The van der Waals surface area contributed by atoms with Crippen molar-refractivity contribution in [2.75, 3.05) is 13.2 Å². The van der Waals surface area contributed by atoms with Crippen molar-refractivity contribution < 1.29 is 4.74 Å². The summed E-state index contributed by atoms with van der Waals surface area (Å²) in [7, 11) is 0. The molecule has 1 fully saturated rings. The van der Waals surface area contributed by atoms with Gasteiger partial charge >= 0.3 is 0 Å². The van der Waals surface area contributed by atoms with E-state index in [4.69, 9.17) is 4.74 Å². The lowest BCUT2D eigenvalue weighted by atomic mass is 10.0. The highest BCUT2D eigenvalue weighted by Gasteiger charge is 2.38. The SMILES string of the molecule is CCC1NCCn2c1nnc2C1(C)CCCO1. The average Bonchev–Trinajstić information content (AvgIpc) is 2.95. The monoisotopic (exact) mass is 236 g/mol. The van der Waals surface area contributed by atoms with Gasteiger partial charge in [0.05, 0.1) is 6.04 Å². The van der Waals surface area contributed by atoms with Crippen LogP contribution in [0.3, 0.4) is 0 Å². The van der Waals surface area contributed by atoms with Crippen molar-refractivity contribution in [3.05, 3.63) is 11.6 Å². The van der Waals surface area contributed by atoms with Crippen LogP contribution >= 0.6 is 0 Å². The van der Waals surface area contributed by atoms with Crippen molar-refractivity contribution >= 4 is 0 Å². The minimum Gasteiger partial charge on any atom is -0.367 e. The lowest BCUT2D eigenvalue weighted by molar-refractivity contribution is 0.00566. The summed E-state index contributed by atoms with van der Waals surface area (Å²) in [4.78, 5) is 0. The Balaban J connectivity index is 1.99. The van der Waals surface area contributed by atoms with Gasteiger partial charge in [-0.25, -0.2) is 0 Å².